The summed E-state index contributed by atoms with van der Waals surface area (Å²) >= 11 is 1.45. The van der Waals surface area contributed by atoms with Crippen LogP contribution in [-0.4, -0.2) is 17.6 Å². The fourth-order valence-corrected chi connectivity index (χ4v) is 4.50. The smallest absolute Gasteiger partial charge is 0.259 e. The summed E-state index contributed by atoms with van der Waals surface area (Å²) in [7, 11) is 0. The summed E-state index contributed by atoms with van der Waals surface area (Å²) in [5.74, 6) is 0.329. The van der Waals surface area contributed by atoms with Crippen molar-refractivity contribution in [1.29, 1.82) is 0 Å². The molecule has 7 heteroatoms. The molecule has 1 aromatic heterocycles. The molecule has 0 bridgehead atoms. The van der Waals surface area contributed by atoms with Gasteiger partial charge in [-0.1, -0.05) is 36.4 Å². The number of anilines is 2. The molecule has 3 aromatic carbocycles. The molecule has 0 spiro atoms. The van der Waals surface area contributed by atoms with Crippen molar-refractivity contribution in [3.63, 3.8) is 0 Å². The number of nitrogens with one attached hydrogen (secondary N) is 2. The van der Waals surface area contributed by atoms with Crippen molar-refractivity contribution < 1.29 is 14.0 Å². The molecule has 0 atom stereocenters. The van der Waals surface area contributed by atoms with E-state index in [1.807, 2.05) is 36.4 Å². The van der Waals surface area contributed by atoms with E-state index < -0.39 is 5.91 Å². The molecule has 0 saturated carbocycles. The number of carbonyl (C=O) groups excluding carboxylic acids is 2. The quantitative estimate of drug-likeness (QED) is 0.463. The normalized spacial score (nSPS) is 12.8. The first-order valence-electron chi connectivity index (χ1n) is 10.0. The minimum Gasteiger partial charge on any atom is -0.455 e. The van der Waals surface area contributed by atoms with E-state index in [2.05, 4.69) is 10.6 Å². The molecule has 1 aliphatic heterocycles. The van der Waals surface area contributed by atoms with E-state index in [-0.39, 0.29) is 22.5 Å². The Morgan fingerprint density at radius 2 is 1.84 bits per heavy atom. The minimum absolute atomic E-state index is 0.0781. The molecule has 0 fully saturated rings. The molecule has 2 amide bonds. The average Bonchev–Trinajstić information content (AvgIpc) is 2.81. The maximum absolute atomic E-state index is 13.1. The lowest BCUT2D eigenvalue weighted by Gasteiger charge is -2.17. The van der Waals surface area contributed by atoms with E-state index >= 15 is 0 Å². The molecule has 0 saturated heterocycles. The van der Waals surface area contributed by atoms with Gasteiger partial charge in [0, 0.05) is 21.7 Å². The summed E-state index contributed by atoms with van der Waals surface area (Å²) in [4.78, 5) is 38.8. The van der Waals surface area contributed by atoms with Crippen LogP contribution in [0.25, 0.3) is 22.3 Å². The SMILES string of the molecule is Cc1c(-c2ccccc2)oc2c(C(=O)Nc3ccc4c(c3)NC(=O)CS4)cccc2c1=O. The maximum Gasteiger partial charge on any atom is 0.259 e. The summed E-state index contributed by atoms with van der Waals surface area (Å²) in [6.07, 6.45) is 0. The Labute approximate surface area is 187 Å². The number of rotatable bonds is 3. The van der Waals surface area contributed by atoms with E-state index in [0.29, 0.717) is 33.8 Å². The monoisotopic (exact) mass is 442 g/mol. The van der Waals surface area contributed by atoms with Gasteiger partial charge in [-0.15, -0.1) is 11.8 Å². The van der Waals surface area contributed by atoms with Crippen LogP contribution in [-0.2, 0) is 4.79 Å². The molecule has 6 nitrogen and oxygen atoms in total. The number of hydrogen-bond acceptors (Lipinski definition) is 5. The summed E-state index contributed by atoms with van der Waals surface area (Å²) in [6.45, 7) is 1.72. The highest BCUT2D eigenvalue weighted by atomic mass is 32.2. The van der Waals surface area contributed by atoms with Crippen molar-refractivity contribution in [3.05, 3.63) is 88.1 Å². The van der Waals surface area contributed by atoms with Gasteiger partial charge in [0.1, 0.15) is 5.76 Å². The Morgan fingerprint density at radius 1 is 1.03 bits per heavy atom. The van der Waals surface area contributed by atoms with E-state index in [9.17, 15) is 14.4 Å². The molecule has 2 N–H and O–H groups in total. The van der Waals surface area contributed by atoms with Gasteiger partial charge in [-0.25, -0.2) is 0 Å². The first-order chi connectivity index (χ1) is 15.5. The van der Waals surface area contributed by atoms with Crippen LogP contribution < -0.4 is 16.1 Å². The lowest BCUT2D eigenvalue weighted by molar-refractivity contribution is -0.113. The van der Waals surface area contributed by atoms with Crippen LogP contribution in [0.3, 0.4) is 0 Å². The second-order valence-electron chi connectivity index (χ2n) is 7.44. The number of para-hydroxylation sites is 1. The highest BCUT2D eigenvalue weighted by Crippen LogP contribution is 2.34. The first kappa shape index (κ1) is 20.1. The zero-order valence-electron chi connectivity index (χ0n) is 17.1. The Hall–Kier alpha value is -3.84. The van der Waals surface area contributed by atoms with Crippen molar-refractivity contribution >= 4 is 45.9 Å². The van der Waals surface area contributed by atoms with Crippen LogP contribution >= 0.6 is 11.8 Å². The van der Waals surface area contributed by atoms with Crippen molar-refractivity contribution in [1.82, 2.24) is 0 Å². The van der Waals surface area contributed by atoms with Crippen molar-refractivity contribution in [2.24, 2.45) is 0 Å². The molecular weight excluding hydrogens is 424 g/mol. The van der Waals surface area contributed by atoms with Crippen molar-refractivity contribution in [2.45, 2.75) is 11.8 Å². The predicted molar refractivity (Wildman–Crippen MR) is 126 cm³/mol. The number of amides is 2. The predicted octanol–water partition coefficient (Wildman–Crippen LogP) is 5.06. The van der Waals surface area contributed by atoms with E-state index in [1.54, 1.807) is 37.3 Å². The van der Waals surface area contributed by atoms with Gasteiger partial charge < -0.3 is 15.1 Å². The summed E-state index contributed by atoms with van der Waals surface area (Å²) in [5, 5.41) is 6.01. The Balaban J connectivity index is 1.56. The molecule has 0 aliphatic carbocycles. The molecule has 32 heavy (non-hydrogen) atoms. The van der Waals surface area contributed by atoms with Crippen LogP contribution in [0.4, 0.5) is 11.4 Å². The number of hydrogen-bond donors (Lipinski definition) is 2. The fraction of sp³-hybridized carbons (Fsp3) is 0.0800. The summed E-state index contributed by atoms with van der Waals surface area (Å²) < 4.78 is 6.13. The van der Waals surface area contributed by atoms with Gasteiger partial charge in [0.15, 0.2) is 11.0 Å². The van der Waals surface area contributed by atoms with Crippen LogP contribution in [0.1, 0.15) is 15.9 Å². The molecular formula is C25H18N2O4S. The fourth-order valence-electron chi connectivity index (χ4n) is 3.71. The number of benzene rings is 3. The zero-order chi connectivity index (χ0) is 22.2. The third-order valence-electron chi connectivity index (χ3n) is 5.30. The molecule has 0 unspecified atom stereocenters. The topological polar surface area (TPSA) is 88.4 Å². The maximum atomic E-state index is 13.1. The highest BCUT2D eigenvalue weighted by Gasteiger charge is 2.20. The van der Waals surface area contributed by atoms with Crippen molar-refractivity contribution in [2.75, 3.05) is 16.4 Å². The van der Waals surface area contributed by atoms with Gasteiger partial charge in [0.25, 0.3) is 5.91 Å². The van der Waals surface area contributed by atoms with Crippen LogP contribution in [0, 0.1) is 6.92 Å². The molecule has 5 rings (SSSR count). The molecule has 0 radical (unpaired) electrons. The van der Waals surface area contributed by atoms with Crippen molar-refractivity contribution in [3.8, 4) is 11.3 Å². The highest BCUT2D eigenvalue weighted by molar-refractivity contribution is 8.00. The van der Waals surface area contributed by atoms with Gasteiger partial charge in [-0.3, -0.25) is 14.4 Å². The molecule has 158 valence electrons. The van der Waals surface area contributed by atoms with Gasteiger partial charge in [0.05, 0.1) is 22.4 Å². The molecule has 1 aliphatic rings. The summed E-state index contributed by atoms with van der Waals surface area (Å²) in [6, 6.07) is 19.6. The lowest BCUT2D eigenvalue weighted by atomic mass is 10.0. The number of thioether (sulfide) groups is 1. The zero-order valence-corrected chi connectivity index (χ0v) is 17.9. The Kier molecular flexibility index (Phi) is 5.03. The van der Waals surface area contributed by atoms with Crippen LogP contribution in [0.15, 0.2) is 80.8 Å². The Morgan fingerprint density at radius 3 is 2.66 bits per heavy atom. The second-order valence-corrected chi connectivity index (χ2v) is 8.45. The van der Waals surface area contributed by atoms with Gasteiger partial charge in [-0.2, -0.15) is 0 Å². The second kappa shape index (κ2) is 8.01. The first-order valence-corrected chi connectivity index (χ1v) is 11.0. The average molecular weight is 442 g/mol. The molecule has 4 aromatic rings. The third kappa shape index (κ3) is 3.56. The standard InChI is InChI=1S/C25H18N2O4S/c1-14-22(29)17-8-5-9-18(24(17)31-23(14)15-6-3-2-4-7-15)25(30)26-16-10-11-20-19(12-16)27-21(28)13-32-20/h2-12H,13H2,1H3,(H,26,30)(H,27,28). The van der Waals surface area contributed by atoms with Crippen LogP contribution in [0.2, 0.25) is 0 Å². The number of fused-ring (bicyclic) bond motifs is 2. The van der Waals surface area contributed by atoms with Gasteiger partial charge in [0.2, 0.25) is 5.91 Å². The lowest BCUT2D eigenvalue weighted by Crippen LogP contribution is -2.19. The minimum atomic E-state index is -0.406. The van der Waals surface area contributed by atoms with E-state index in [4.69, 9.17) is 4.42 Å². The molecule has 2 heterocycles. The largest absolute Gasteiger partial charge is 0.455 e. The van der Waals surface area contributed by atoms with E-state index in [0.717, 1.165) is 10.5 Å². The third-order valence-corrected chi connectivity index (χ3v) is 6.37. The van der Waals surface area contributed by atoms with Crippen LogP contribution in [0.5, 0.6) is 0 Å². The Bertz CT molecular complexity index is 1440. The number of carbonyl (C=O) groups is 2. The van der Waals surface area contributed by atoms with Gasteiger partial charge >= 0.3 is 0 Å². The summed E-state index contributed by atoms with van der Waals surface area (Å²) in [5.41, 5.74) is 2.77. The van der Waals surface area contributed by atoms with E-state index in [1.165, 1.54) is 11.8 Å². The van der Waals surface area contributed by atoms with Gasteiger partial charge in [-0.05, 0) is 37.3 Å².